The molecule has 2 aromatic heterocycles. The summed E-state index contributed by atoms with van der Waals surface area (Å²) in [5.74, 6) is 0.480. The molecule has 14 heteroatoms. The summed E-state index contributed by atoms with van der Waals surface area (Å²) < 4.78 is 32.5. The van der Waals surface area contributed by atoms with Crippen molar-refractivity contribution in [3.05, 3.63) is 48.8 Å². The lowest BCUT2D eigenvalue weighted by Gasteiger charge is -2.51. The third-order valence-corrected chi connectivity index (χ3v) is 11.6. The van der Waals surface area contributed by atoms with Gasteiger partial charge in [-0.2, -0.15) is 0 Å². The van der Waals surface area contributed by atoms with Crippen molar-refractivity contribution in [3.8, 4) is 17.3 Å². The van der Waals surface area contributed by atoms with Gasteiger partial charge in [-0.25, -0.2) is 14.8 Å². The number of aromatic nitrogens is 3. The van der Waals surface area contributed by atoms with Gasteiger partial charge in [0.05, 0.1) is 42.5 Å². The van der Waals surface area contributed by atoms with Gasteiger partial charge in [-0.3, -0.25) is 4.57 Å². The Morgan fingerprint density at radius 1 is 1.06 bits per heavy atom. The Labute approximate surface area is 300 Å². The van der Waals surface area contributed by atoms with Crippen LogP contribution >= 0.6 is 0 Å². The molecule has 9 rings (SSSR count). The number of nitrogens with zero attached hydrogens (tertiary/aromatic N) is 4. The number of hydrogen-bond donors (Lipinski definition) is 4. The first kappa shape index (κ1) is 33.8. The minimum absolute atomic E-state index is 0.000212. The Balaban J connectivity index is 1.15. The van der Waals surface area contributed by atoms with E-state index >= 15 is 0 Å². The van der Waals surface area contributed by atoms with Crippen LogP contribution in [0.2, 0.25) is 0 Å². The topological polar surface area (TPSA) is 184 Å². The Morgan fingerprint density at radius 3 is 2.69 bits per heavy atom. The van der Waals surface area contributed by atoms with Gasteiger partial charge in [-0.1, -0.05) is 19.8 Å². The molecule has 1 aliphatic carbocycles. The average molecular weight is 716 g/mol. The van der Waals surface area contributed by atoms with E-state index in [1.165, 1.54) is 0 Å². The van der Waals surface area contributed by atoms with E-state index in [4.69, 9.17) is 39.4 Å². The Morgan fingerprint density at radius 2 is 1.88 bits per heavy atom. The first-order chi connectivity index (χ1) is 25.2. The second-order valence-electron chi connectivity index (χ2n) is 15.5. The second kappa shape index (κ2) is 13.1. The summed E-state index contributed by atoms with van der Waals surface area (Å²) >= 11 is 0. The lowest BCUT2D eigenvalue weighted by molar-refractivity contribution is -0.293. The van der Waals surface area contributed by atoms with Crippen LogP contribution in [-0.2, 0) is 19.0 Å². The largest absolute Gasteiger partial charge is 0.493 e. The van der Waals surface area contributed by atoms with E-state index in [0.717, 1.165) is 66.4 Å². The summed E-state index contributed by atoms with van der Waals surface area (Å²) in [5, 5.41) is 32.9. The van der Waals surface area contributed by atoms with Crippen LogP contribution in [0.5, 0.6) is 11.5 Å². The molecule has 5 N–H and O–H groups in total. The predicted octanol–water partition coefficient (Wildman–Crippen LogP) is 3.15. The third kappa shape index (κ3) is 5.85. The molecule has 1 saturated carbocycles. The Kier molecular flexibility index (Phi) is 8.51. The number of pyridine rings is 1. The molecule has 4 aliphatic heterocycles. The molecule has 6 heterocycles. The molecule has 0 amide bonds. The van der Waals surface area contributed by atoms with Crippen molar-refractivity contribution >= 4 is 33.6 Å². The molecule has 0 spiro atoms. The SMILES string of the molecule is CC1(COc2ccc3c(c2)ncn3-c2ccc3ccc4c(c3n2)N2CCC(N)CC2C2CCCCC2OC2C(O4)OC(C(=O)O)C(O)C2O)COC1. The Bertz CT molecular complexity index is 1990. The molecule has 9 atom stereocenters. The summed E-state index contributed by atoms with van der Waals surface area (Å²) in [6.45, 7) is 4.75. The molecule has 5 aliphatic rings. The lowest BCUT2D eigenvalue weighted by Crippen LogP contribution is -2.64. The van der Waals surface area contributed by atoms with Crippen molar-refractivity contribution in [2.24, 2.45) is 17.1 Å². The highest BCUT2D eigenvalue weighted by Crippen LogP contribution is 2.46. The highest BCUT2D eigenvalue weighted by Gasteiger charge is 2.52. The number of fused-ring (bicyclic) bond motifs is 9. The molecule has 276 valence electrons. The maximum Gasteiger partial charge on any atom is 0.335 e. The van der Waals surface area contributed by atoms with Crippen LogP contribution < -0.4 is 20.1 Å². The zero-order chi connectivity index (χ0) is 35.7. The van der Waals surface area contributed by atoms with E-state index < -0.39 is 36.7 Å². The van der Waals surface area contributed by atoms with Crippen LogP contribution in [0.4, 0.5) is 5.69 Å². The zero-order valence-electron chi connectivity index (χ0n) is 29.0. The van der Waals surface area contributed by atoms with Gasteiger partial charge >= 0.3 is 5.97 Å². The number of imidazole rings is 1. The summed E-state index contributed by atoms with van der Waals surface area (Å²) in [6.07, 6.45) is -0.786. The van der Waals surface area contributed by atoms with E-state index in [1.807, 2.05) is 47.0 Å². The molecule has 0 radical (unpaired) electrons. The van der Waals surface area contributed by atoms with Gasteiger partial charge in [0, 0.05) is 41.4 Å². The maximum atomic E-state index is 12.1. The quantitative estimate of drug-likeness (QED) is 0.237. The number of carboxylic acids is 1. The van der Waals surface area contributed by atoms with Crippen molar-refractivity contribution in [1.82, 2.24) is 14.5 Å². The minimum atomic E-state index is -1.70. The third-order valence-electron chi connectivity index (χ3n) is 11.6. The van der Waals surface area contributed by atoms with Crippen molar-refractivity contribution in [2.45, 2.75) is 94.3 Å². The van der Waals surface area contributed by atoms with Gasteiger partial charge in [0.1, 0.15) is 47.6 Å². The zero-order valence-corrected chi connectivity index (χ0v) is 29.0. The van der Waals surface area contributed by atoms with Gasteiger partial charge in [-0.05, 0) is 62.1 Å². The monoisotopic (exact) mass is 715 g/mol. The number of nitrogens with two attached hydrogens (primary N) is 1. The van der Waals surface area contributed by atoms with Gasteiger partial charge < -0.3 is 49.6 Å². The van der Waals surface area contributed by atoms with Crippen molar-refractivity contribution in [3.63, 3.8) is 0 Å². The number of aliphatic carboxylic acids is 1. The highest BCUT2D eigenvalue weighted by atomic mass is 16.7. The first-order valence-corrected chi connectivity index (χ1v) is 18.4. The standard InChI is InChI=1S/C38H45N5O9/c1-38(16-48-17-38)18-49-22-8-9-25-24(15-22)40-19-43(25)29-11-7-20-6-10-28-31(30(20)41-29)42-13-12-21(39)14-26(42)23-4-2-3-5-27(23)50-35-33(45)32(44)34(36(46)47)52-37(35)51-28/h6-11,15,19,21,23,26-27,32-35,37,44-45H,2-5,12-14,16-18,39H2,1H3,(H,46,47). The smallest absolute Gasteiger partial charge is 0.335 e. The molecule has 4 fully saturated rings. The first-order valence-electron chi connectivity index (χ1n) is 18.4. The van der Waals surface area contributed by atoms with E-state index in [1.54, 1.807) is 6.33 Å². The van der Waals surface area contributed by atoms with E-state index in [-0.39, 0.29) is 29.5 Å². The van der Waals surface area contributed by atoms with Gasteiger partial charge in [0.15, 0.2) is 6.10 Å². The molecule has 14 nitrogen and oxygen atoms in total. The summed E-state index contributed by atoms with van der Waals surface area (Å²) in [5.41, 5.74) is 9.78. The van der Waals surface area contributed by atoms with Crippen molar-refractivity contribution in [2.75, 3.05) is 31.3 Å². The normalized spacial score (nSPS) is 32.8. The number of carbonyl (C=O) groups is 1. The minimum Gasteiger partial charge on any atom is -0.493 e. The van der Waals surface area contributed by atoms with Crippen LogP contribution in [0.1, 0.15) is 45.4 Å². The van der Waals surface area contributed by atoms with Gasteiger partial charge in [-0.15, -0.1) is 0 Å². The predicted molar refractivity (Wildman–Crippen MR) is 189 cm³/mol. The van der Waals surface area contributed by atoms with Crippen molar-refractivity contribution in [1.29, 1.82) is 0 Å². The van der Waals surface area contributed by atoms with Crippen LogP contribution in [0, 0.1) is 11.3 Å². The van der Waals surface area contributed by atoms with Crippen LogP contribution in [0.15, 0.2) is 48.8 Å². The number of ether oxygens (including phenoxy) is 5. The fourth-order valence-electron chi connectivity index (χ4n) is 8.76. The van der Waals surface area contributed by atoms with E-state index in [9.17, 15) is 20.1 Å². The molecule has 0 bridgehead atoms. The number of rotatable bonds is 5. The number of aliphatic hydroxyl groups excluding tert-OH is 2. The number of aliphatic hydroxyl groups is 2. The summed E-state index contributed by atoms with van der Waals surface area (Å²) in [4.78, 5) is 24.5. The number of anilines is 1. The maximum absolute atomic E-state index is 12.1. The fraction of sp³-hybridized carbons (Fsp3) is 0.553. The number of carboxylic acid groups (broad SMARTS) is 1. The summed E-state index contributed by atoms with van der Waals surface area (Å²) in [6, 6.07) is 13.6. The highest BCUT2D eigenvalue weighted by molar-refractivity contribution is 5.95. The average Bonchev–Trinajstić information content (AvgIpc) is 3.56. The van der Waals surface area contributed by atoms with Crippen LogP contribution in [0.25, 0.3) is 27.8 Å². The van der Waals surface area contributed by atoms with Crippen LogP contribution in [0.3, 0.4) is 0 Å². The number of piperidine rings is 1. The van der Waals surface area contributed by atoms with Crippen LogP contribution in [-0.4, -0.2) is 111 Å². The number of benzene rings is 2. The van der Waals surface area contributed by atoms with Gasteiger partial charge in [0.2, 0.25) is 6.29 Å². The fourth-order valence-corrected chi connectivity index (χ4v) is 8.76. The van der Waals surface area contributed by atoms with E-state index in [2.05, 4.69) is 11.8 Å². The van der Waals surface area contributed by atoms with Crippen molar-refractivity contribution < 1.29 is 43.8 Å². The second-order valence-corrected chi connectivity index (χ2v) is 15.5. The van der Waals surface area contributed by atoms with E-state index in [0.29, 0.717) is 43.4 Å². The molecule has 2 aromatic carbocycles. The summed E-state index contributed by atoms with van der Waals surface area (Å²) in [7, 11) is 0. The Hall–Kier alpha value is -4.05. The molecule has 3 saturated heterocycles. The lowest BCUT2D eigenvalue weighted by atomic mass is 9.76. The molecule has 9 unspecified atom stereocenters. The molecular weight excluding hydrogens is 670 g/mol. The molecule has 52 heavy (non-hydrogen) atoms. The van der Waals surface area contributed by atoms with Gasteiger partial charge in [0.25, 0.3) is 0 Å². The molecular formula is C38H45N5O9. The molecule has 4 aromatic rings. The number of hydrogen-bond acceptors (Lipinski definition) is 12.